The molecule has 1 aliphatic rings. The first-order chi connectivity index (χ1) is 14.2. The van der Waals surface area contributed by atoms with Gasteiger partial charge in [0.2, 0.25) is 0 Å². The Morgan fingerprint density at radius 2 is 1.69 bits per heavy atom. The van der Waals surface area contributed by atoms with Crippen molar-refractivity contribution in [2.24, 2.45) is 0 Å². The molecule has 0 bridgehead atoms. The number of amides is 1. The van der Waals surface area contributed by atoms with Gasteiger partial charge in [-0.1, -0.05) is 66.2 Å². The number of carbonyl (C=O) groups excluding carboxylic acids is 1. The third-order valence-electron chi connectivity index (χ3n) is 5.68. The fraction of sp³-hybridized carbons (Fsp3) is 0.154. The molecule has 0 unspecified atom stereocenters. The van der Waals surface area contributed by atoms with Crippen LogP contribution in [-0.2, 0) is 13.0 Å². The van der Waals surface area contributed by atoms with Gasteiger partial charge in [-0.2, -0.15) is 0 Å². The molecule has 1 aromatic heterocycles. The smallest absolute Gasteiger partial charge is 0.254 e. The van der Waals surface area contributed by atoms with E-state index in [1.54, 1.807) is 0 Å². The van der Waals surface area contributed by atoms with Crippen molar-refractivity contribution in [1.82, 2.24) is 9.88 Å². The maximum absolute atomic E-state index is 13.6. The summed E-state index contributed by atoms with van der Waals surface area (Å²) >= 11 is 0. The number of para-hydroxylation sites is 1. The minimum absolute atomic E-state index is 0.0759. The Bertz CT molecular complexity index is 1230. The topological polar surface area (TPSA) is 33.2 Å². The summed E-state index contributed by atoms with van der Waals surface area (Å²) in [4.78, 5) is 20.4. The van der Waals surface area contributed by atoms with Gasteiger partial charge in [0, 0.05) is 24.0 Å². The van der Waals surface area contributed by atoms with Crippen LogP contribution in [0.5, 0.6) is 0 Å². The molecule has 1 amide bonds. The van der Waals surface area contributed by atoms with Gasteiger partial charge in [-0.15, -0.1) is 0 Å². The maximum Gasteiger partial charge on any atom is 0.254 e. The van der Waals surface area contributed by atoms with Crippen LogP contribution in [0.2, 0.25) is 0 Å². The number of aromatic nitrogens is 1. The summed E-state index contributed by atoms with van der Waals surface area (Å²) in [6.45, 7) is 3.47. The van der Waals surface area contributed by atoms with Gasteiger partial charge in [0.15, 0.2) is 0 Å². The number of hydrogen-bond acceptors (Lipinski definition) is 2. The van der Waals surface area contributed by atoms with Gasteiger partial charge in [-0.3, -0.25) is 4.79 Å². The van der Waals surface area contributed by atoms with Crippen LogP contribution in [0.1, 0.15) is 27.0 Å². The number of nitrogens with zero attached hydrogens (tertiary/aromatic N) is 2. The number of hydrogen-bond donors (Lipinski definition) is 0. The van der Waals surface area contributed by atoms with Gasteiger partial charge in [0.1, 0.15) is 0 Å². The monoisotopic (exact) mass is 378 g/mol. The molecule has 3 aromatic carbocycles. The van der Waals surface area contributed by atoms with Gasteiger partial charge in [-0.25, -0.2) is 4.98 Å². The maximum atomic E-state index is 13.6. The lowest BCUT2D eigenvalue weighted by Gasteiger charge is -2.29. The summed E-state index contributed by atoms with van der Waals surface area (Å²) in [5, 5.41) is 0.910. The van der Waals surface area contributed by atoms with E-state index in [1.807, 2.05) is 47.4 Å². The van der Waals surface area contributed by atoms with Gasteiger partial charge in [0.25, 0.3) is 5.91 Å². The van der Waals surface area contributed by atoms with Crippen molar-refractivity contribution in [1.29, 1.82) is 0 Å². The molecule has 0 saturated carbocycles. The number of rotatable bonds is 2. The first-order valence-corrected chi connectivity index (χ1v) is 10.0. The van der Waals surface area contributed by atoms with E-state index in [-0.39, 0.29) is 5.91 Å². The first kappa shape index (κ1) is 17.6. The van der Waals surface area contributed by atoms with Crippen molar-refractivity contribution in [3.05, 3.63) is 101 Å². The zero-order chi connectivity index (χ0) is 19.8. The molecule has 0 N–H and O–H groups in total. The molecule has 1 aliphatic heterocycles. The molecule has 0 aliphatic carbocycles. The van der Waals surface area contributed by atoms with Gasteiger partial charge >= 0.3 is 0 Å². The molecule has 0 spiro atoms. The molecule has 5 rings (SSSR count). The standard InChI is InChI=1S/C26H22N2O/c1-18-7-6-10-20(15-18)25-16-23(22-11-4-5-12-24(22)27-25)26(29)28-14-13-19-8-2-3-9-21(19)17-28/h2-12,15-16H,13-14,17H2,1H3. The van der Waals surface area contributed by atoms with Crippen LogP contribution in [0.25, 0.3) is 22.2 Å². The summed E-state index contributed by atoms with van der Waals surface area (Å²) in [7, 11) is 0. The van der Waals surface area contributed by atoms with Crippen molar-refractivity contribution < 1.29 is 4.79 Å². The van der Waals surface area contributed by atoms with Crippen molar-refractivity contribution >= 4 is 16.8 Å². The van der Waals surface area contributed by atoms with Crippen LogP contribution in [-0.4, -0.2) is 22.3 Å². The molecule has 0 fully saturated rings. The average Bonchev–Trinajstić information content (AvgIpc) is 2.77. The summed E-state index contributed by atoms with van der Waals surface area (Å²) in [5.41, 5.74) is 7.22. The Hall–Kier alpha value is -3.46. The number of fused-ring (bicyclic) bond motifs is 2. The Labute approximate surface area is 170 Å². The third kappa shape index (κ3) is 3.29. The van der Waals surface area contributed by atoms with E-state index in [0.29, 0.717) is 6.54 Å². The second-order valence-electron chi connectivity index (χ2n) is 7.69. The predicted molar refractivity (Wildman–Crippen MR) is 117 cm³/mol. The molecule has 0 radical (unpaired) electrons. The van der Waals surface area contributed by atoms with E-state index in [0.717, 1.165) is 40.7 Å². The second-order valence-corrected chi connectivity index (χ2v) is 7.69. The molecule has 29 heavy (non-hydrogen) atoms. The second kappa shape index (κ2) is 7.17. The van der Waals surface area contributed by atoms with Gasteiger partial charge in [-0.05, 0) is 42.7 Å². The van der Waals surface area contributed by atoms with Crippen LogP contribution in [0.3, 0.4) is 0 Å². The molecular formula is C26H22N2O. The lowest BCUT2D eigenvalue weighted by molar-refractivity contribution is 0.0736. The highest BCUT2D eigenvalue weighted by molar-refractivity contribution is 6.07. The molecule has 142 valence electrons. The van der Waals surface area contributed by atoms with Crippen LogP contribution in [0, 0.1) is 6.92 Å². The minimum Gasteiger partial charge on any atom is -0.334 e. The molecule has 3 heteroatoms. The normalized spacial score (nSPS) is 13.3. The first-order valence-electron chi connectivity index (χ1n) is 10.0. The molecule has 3 nitrogen and oxygen atoms in total. The van der Waals surface area contributed by atoms with Crippen LogP contribution in [0.4, 0.5) is 0 Å². The van der Waals surface area contributed by atoms with E-state index >= 15 is 0 Å². The Kier molecular flexibility index (Phi) is 4.36. The highest BCUT2D eigenvalue weighted by Crippen LogP contribution is 2.28. The lowest BCUT2D eigenvalue weighted by atomic mass is 9.98. The molecule has 2 heterocycles. The molecular weight excluding hydrogens is 356 g/mol. The van der Waals surface area contributed by atoms with Crippen molar-refractivity contribution in [2.75, 3.05) is 6.54 Å². The Balaban J connectivity index is 1.59. The van der Waals surface area contributed by atoms with E-state index in [1.165, 1.54) is 16.7 Å². The number of pyridine rings is 1. The van der Waals surface area contributed by atoms with E-state index in [2.05, 4.69) is 43.3 Å². The average molecular weight is 378 g/mol. The van der Waals surface area contributed by atoms with Crippen LogP contribution >= 0.6 is 0 Å². The zero-order valence-corrected chi connectivity index (χ0v) is 16.4. The number of carbonyl (C=O) groups is 1. The van der Waals surface area contributed by atoms with E-state index in [9.17, 15) is 4.79 Å². The van der Waals surface area contributed by atoms with E-state index < -0.39 is 0 Å². The fourth-order valence-electron chi connectivity index (χ4n) is 4.14. The lowest BCUT2D eigenvalue weighted by Crippen LogP contribution is -2.36. The zero-order valence-electron chi connectivity index (χ0n) is 16.4. The molecule has 0 atom stereocenters. The predicted octanol–water partition coefficient (Wildman–Crippen LogP) is 5.41. The quantitative estimate of drug-likeness (QED) is 0.467. The van der Waals surface area contributed by atoms with E-state index in [4.69, 9.17) is 4.98 Å². The fourth-order valence-corrected chi connectivity index (χ4v) is 4.14. The Morgan fingerprint density at radius 1 is 0.897 bits per heavy atom. The highest BCUT2D eigenvalue weighted by atomic mass is 16.2. The summed E-state index contributed by atoms with van der Waals surface area (Å²) in [6, 6.07) is 26.5. The highest BCUT2D eigenvalue weighted by Gasteiger charge is 2.24. The summed E-state index contributed by atoms with van der Waals surface area (Å²) in [5.74, 6) is 0.0759. The van der Waals surface area contributed by atoms with Crippen molar-refractivity contribution in [3.8, 4) is 11.3 Å². The Morgan fingerprint density at radius 3 is 2.55 bits per heavy atom. The van der Waals surface area contributed by atoms with Crippen LogP contribution < -0.4 is 0 Å². The minimum atomic E-state index is 0.0759. The van der Waals surface area contributed by atoms with Gasteiger partial charge in [0.05, 0.1) is 16.8 Å². The number of benzene rings is 3. The summed E-state index contributed by atoms with van der Waals surface area (Å²) in [6.07, 6.45) is 0.898. The summed E-state index contributed by atoms with van der Waals surface area (Å²) < 4.78 is 0. The van der Waals surface area contributed by atoms with Crippen molar-refractivity contribution in [3.63, 3.8) is 0 Å². The third-order valence-corrected chi connectivity index (χ3v) is 5.68. The number of aryl methyl sites for hydroxylation is 1. The largest absolute Gasteiger partial charge is 0.334 e. The van der Waals surface area contributed by atoms with Gasteiger partial charge < -0.3 is 4.90 Å². The van der Waals surface area contributed by atoms with Crippen LogP contribution in [0.15, 0.2) is 78.9 Å². The van der Waals surface area contributed by atoms with Crippen molar-refractivity contribution in [2.45, 2.75) is 19.9 Å². The molecule has 4 aromatic rings. The SMILES string of the molecule is Cc1cccc(-c2cc(C(=O)N3CCc4ccccc4C3)c3ccccc3n2)c1. The molecule has 0 saturated heterocycles.